The number of hydrogen-bond acceptors (Lipinski definition) is 2. The lowest BCUT2D eigenvalue weighted by molar-refractivity contribution is -0.135. The molecule has 1 heterocycles. The van der Waals surface area contributed by atoms with Crippen molar-refractivity contribution < 1.29 is 22.6 Å². The second kappa shape index (κ2) is 9.59. The van der Waals surface area contributed by atoms with Crippen LogP contribution in [-0.4, -0.2) is 32.1 Å². The van der Waals surface area contributed by atoms with Gasteiger partial charge in [0.05, 0.1) is 6.10 Å². The van der Waals surface area contributed by atoms with Crippen molar-refractivity contribution in [3.8, 4) is 0 Å². The summed E-state index contributed by atoms with van der Waals surface area (Å²) in [6.07, 6.45) is 2.68. The third-order valence-corrected chi connectivity index (χ3v) is 3.36. The molecule has 0 radical (unpaired) electrons. The van der Waals surface area contributed by atoms with Crippen LogP contribution in [-0.2, 0) is 9.47 Å². The Labute approximate surface area is 113 Å². The molecular weight excluding hydrogens is 257 g/mol. The highest BCUT2D eigenvalue weighted by atomic mass is 19.4. The van der Waals surface area contributed by atoms with Gasteiger partial charge in [0.25, 0.3) is 0 Å². The van der Waals surface area contributed by atoms with Gasteiger partial charge in [0, 0.05) is 26.2 Å². The summed E-state index contributed by atoms with van der Waals surface area (Å²) >= 11 is 0. The van der Waals surface area contributed by atoms with Crippen LogP contribution >= 0.6 is 0 Å². The van der Waals surface area contributed by atoms with E-state index in [0.717, 1.165) is 51.7 Å². The minimum absolute atomic E-state index is 0.253. The molecule has 1 aliphatic rings. The summed E-state index contributed by atoms with van der Waals surface area (Å²) in [6.45, 7) is 2.33. The lowest BCUT2D eigenvalue weighted by atomic mass is 10.1. The Bertz CT molecular complexity index is 213. The van der Waals surface area contributed by atoms with E-state index in [1.807, 2.05) is 0 Å². The molecule has 1 unspecified atom stereocenters. The Balaban J connectivity index is 1.74. The van der Waals surface area contributed by atoms with E-state index in [9.17, 15) is 13.2 Å². The lowest BCUT2D eigenvalue weighted by Crippen LogP contribution is -2.09. The molecule has 0 saturated carbocycles. The Morgan fingerprint density at radius 1 is 1.00 bits per heavy atom. The number of halogens is 3. The highest BCUT2D eigenvalue weighted by Crippen LogP contribution is 2.23. The van der Waals surface area contributed by atoms with Crippen LogP contribution in [0.4, 0.5) is 13.2 Å². The Kier molecular flexibility index (Phi) is 8.46. The fraction of sp³-hybridized carbons (Fsp3) is 1.00. The normalized spacial score (nSPS) is 20.1. The maximum Gasteiger partial charge on any atom is 0.389 e. The van der Waals surface area contributed by atoms with Crippen molar-refractivity contribution in [2.75, 3.05) is 19.8 Å². The Morgan fingerprint density at radius 3 is 2.42 bits per heavy atom. The molecule has 1 rings (SSSR count). The summed E-state index contributed by atoms with van der Waals surface area (Å²) in [6, 6.07) is 0. The van der Waals surface area contributed by atoms with Crippen molar-refractivity contribution in [2.45, 2.75) is 70.1 Å². The number of rotatable bonds is 10. The van der Waals surface area contributed by atoms with Crippen LogP contribution in [0, 0.1) is 0 Å². The number of unbranched alkanes of at least 4 members (excludes halogenated alkanes) is 4. The molecule has 0 amide bonds. The molecule has 1 fully saturated rings. The molecular formula is C14H25F3O2. The SMILES string of the molecule is FC(F)(F)CCCCCCCOCCC1CCCO1. The van der Waals surface area contributed by atoms with Crippen LogP contribution in [0.15, 0.2) is 0 Å². The molecule has 2 nitrogen and oxygen atoms in total. The average molecular weight is 282 g/mol. The number of ether oxygens (including phenoxy) is 2. The molecule has 1 saturated heterocycles. The van der Waals surface area contributed by atoms with Crippen LogP contribution < -0.4 is 0 Å². The molecule has 1 atom stereocenters. The molecule has 0 aromatic rings. The van der Waals surface area contributed by atoms with E-state index in [1.165, 1.54) is 0 Å². The maximum atomic E-state index is 11.9. The molecule has 5 heteroatoms. The van der Waals surface area contributed by atoms with Gasteiger partial charge in [0.1, 0.15) is 0 Å². The second-order valence-electron chi connectivity index (χ2n) is 5.17. The molecule has 0 aromatic heterocycles. The lowest BCUT2D eigenvalue weighted by Gasteiger charge is -2.09. The van der Waals surface area contributed by atoms with Crippen LogP contribution in [0.5, 0.6) is 0 Å². The first-order chi connectivity index (χ1) is 9.08. The van der Waals surface area contributed by atoms with Gasteiger partial charge in [-0.15, -0.1) is 0 Å². The van der Waals surface area contributed by atoms with E-state index in [0.29, 0.717) is 19.1 Å². The van der Waals surface area contributed by atoms with Gasteiger partial charge < -0.3 is 9.47 Å². The van der Waals surface area contributed by atoms with E-state index < -0.39 is 12.6 Å². The quantitative estimate of drug-likeness (QED) is 0.550. The zero-order chi connectivity index (χ0) is 14.0. The van der Waals surface area contributed by atoms with Crippen molar-refractivity contribution in [2.24, 2.45) is 0 Å². The standard InChI is InChI=1S/C14H25F3O2/c15-14(16,17)9-4-2-1-3-5-10-18-12-8-13-7-6-11-19-13/h13H,1-12H2. The highest BCUT2D eigenvalue weighted by Gasteiger charge is 2.25. The summed E-state index contributed by atoms with van der Waals surface area (Å²) < 4.78 is 46.6. The summed E-state index contributed by atoms with van der Waals surface area (Å²) in [5.41, 5.74) is 0. The fourth-order valence-electron chi connectivity index (χ4n) is 2.25. The predicted molar refractivity (Wildman–Crippen MR) is 68.2 cm³/mol. The number of hydrogen-bond donors (Lipinski definition) is 0. The van der Waals surface area contributed by atoms with Gasteiger partial charge in [0.2, 0.25) is 0 Å². The largest absolute Gasteiger partial charge is 0.389 e. The zero-order valence-corrected chi connectivity index (χ0v) is 11.5. The molecule has 0 N–H and O–H groups in total. The average Bonchev–Trinajstić information content (AvgIpc) is 2.83. The van der Waals surface area contributed by atoms with Crippen LogP contribution in [0.2, 0.25) is 0 Å². The Hall–Kier alpha value is -0.290. The van der Waals surface area contributed by atoms with Crippen molar-refractivity contribution >= 4 is 0 Å². The smallest absolute Gasteiger partial charge is 0.381 e. The van der Waals surface area contributed by atoms with Crippen LogP contribution in [0.1, 0.15) is 57.8 Å². The maximum absolute atomic E-state index is 11.9. The third kappa shape index (κ3) is 10.2. The van der Waals surface area contributed by atoms with Crippen molar-refractivity contribution in [1.29, 1.82) is 0 Å². The minimum Gasteiger partial charge on any atom is -0.381 e. The number of alkyl halides is 3. The van der Waals surface area contributed by atoms with Crippen LogP contribution in [0.25, 0.3) is 0 Å². The van der Waals surface area contributed by atoms with Gasteiger partial charge in [0.15, 0.2) is 0 Å². The summed E-state index contributed by atoms with van der Waals surface area (Å²) in [4.78, 5) is 0. The molecule has 0 bridgehead atoms. The van der Waals surface area contributed by atoms with E-state index >= 15 is 0 Å². The van der Waals surface area contributed by atoms with Crippen molar-refractivity contribution in [1.82, 2.24) is 0 Å². The minimum atomic E-state index is -3.99. The molecule has 0 spiro atoms. The fourth-order valence-corrected chi connectivity index (χ4v) is 2.25. The van der Waals surface area contributed by atoms with E-state index in [2.05, 4.69) is 0 Å². The van der Waals surface area contributed by atoms with Crippen molar-refractivity contribution in [3.63, 3.8) is 0 Å². The topological polar surface area (TPSA) is 18.5 Å². The van der Waals surface area contributed by atoms with E-state index in [4.69, 9.17) is 9.47 Å². The molecule has 0 aliphatic carbocycles. The molecule has 1 aliphatic heterocycles. The first-order valence-electron chi connectivity index (χ1n) is 7.34. The third-order valence-electron chi connectivity index (χ3n) is 3.36. The van der Waals surface area contributed by atoms with Gasteiger partial charge in [-0.25, -0.2) is 0 Å². The highest BCUT2D eigenvalue weighted by molar-refractivity contribution is 4.63. The van der Waals surface area contributed by atoms with E-state index in [1.54, 1.807) is 0 Å². The summed E-state index contributed by atoms with van der Waals surface area (Å²) in [5, 5.41) is 0. The summed E-state index contributed by atoms with van der Waals surface area (Å²) in [5.74, 6) is 0. The van der Waals surface area contributed by atoms with Crippen molar-refractivity contribution in [3.05, 3.63) is 0 Å². The van der Waals surface area contributed by atoms with E-state index in [-0.39, 0.29) is 6.42 Å². The van der Waals surface area contributed by atoms with Gasteiger partial charge in [-0.1, -0.05) is 19.3 Å². The predicted octanol–water partition coefficient (Wildman–Crippen LogP) is 4.48. The molecule has 0 aromatic carbocycles. The molecule has 114 valence electrons. The van der Waals surface area contributed by atoms with Gasteiger partial charge >= 0.3 is 6.18 Å². The first-order valence-corrected chi connectivity index (χ1v) is 7.34. The second-order valence-corrected chi connectivity index (χ2v) is 5.17. The first kappa shape index (κ1) is 16.8. The molecule has 19 heavy (non-hydrogen) atoms. The Morgan fingerprint density at radius 2 is 1.74 bits per heavy atom. The zero-order valence-electron chi connectivity index (χ0n) is 11.5. The monoisotopic (exact) mass is 282 g/mol. The van der Waals surface area contributed by atoms with Gasteiger partial charge in [-0.05, 0) is 32.1 Å². The van der Waals surface area contributed by atoms with Gasteiger partial charge in [-0.3, -0.25) is 0 Å². The van der Waals surface area contributed by atoms with Crippen LogP contribution in [0.3, 0.4) is 0 Å². The summed E-state index contributed by atoms with van der Waals surface area (Å²) in [7, 11) is 0. The van der Waals surface area contributed by atoms with Gasteiger partial charge in [-0.2, -0.15) is 13.2 Å².